The van der Waals surface area contributed by atoms with Crippen LogP contribution in [0.2, 0.25) is 0 Å². The zero-order valence-electron chi connectivity index (χ0n) is 46.8. The molecule has 0 amide bonds. The summed E-state index contributed by atoms with van der Waals surface area (Å²) in [5.41, 5.74) is 5.39. The number of phosphoric ester groups is 1. The van der Waals surface area contributed by atoms with Crippen molar-refractivity contribution in [1.82, 2.24) is 0 Å². The number of hydrogen-bond donors (Lipinski definition) is 2. The van der Waals surface area contributed by atoms with Gasteiger partial charge in [-0.25, -0.2) is 4.57 Å². The maximum Gasteiger partial charge on any atom is 0.472 e. The Morgan fingerprint density at radius 1 is 0.371 bits per heavy atom. The van der Waals surface area contributed by atoms with E-state index in [-0.39, 0.29) is 38.6 Å². The van der Waals surface area contributed by atoms with Crippen molar-refractivity contribution < 1.29 is 37.6 Å². The molecule has 0 fully saturated rings. The van der Waals surface area contributed by atoms with Crippen molar-refractivity contribution in [1.29, 1.82) is 0 Å². The molecule has 418 valence electrons. The van der Waals surface area contributed by atoms with Gasteiger partial charge in [-0.2, -0.15) is 0 Å². The number of ether oxygens (including phenoxy) is 2. The second-order valence-corrected chi connectivity index (χ2v) is 22.8. The molecule has 0 saturated carbocycles. The van der Waals surface area contributed by atoms with E-state index in [9.17, 15) is 19.0 Å². The van der Waals surface area contributed by atoms with Crippen LogP contribution in [0.1, 0.15) is 341 Å². The van der Waals surface area contributed by atoms with Crippen LogP contribution in [0.4, 0.5) is 0 Å². The fourth-order valence-electron chi connectivity index (χ4n) is 9.64. The number of phosphoric acid groups is 1. The van der Waals surface area contributed by atoms with Crippen LogP contribution in [0.5, 0.6) is 0 Å². The number of nitrogens with two attached hydrogens (primary N) is 1. The molecule has 0 saturated heterocycles. The van der Waals surface area contributed by atoms with Gasteiger partial charge in [0.25, 0.3) is 0 Å². The molecule has 0 spiro atoms. The number of carbonyl (C=O) groups excluding carboxylic acids is 2. The van der Waals surface area contributed by atoms with Crippen molar-refractivity contribution >= 4 is 19.8 Å². The van der Waals surface area contributed by atoms with Crippen LogP contribution in [-0.4, -0.2) is 49.3 Å². The summed E-state index contributed by atoms with van der Waals surface area (Å²) in [4.78, 5) is 35.2. The van der Waals surface area contributed by atoms with Gasteiger partial charge in [0, 0.05) is 19.4 Å². The molecular formula is C60H120NO8P. The van der Waals surface area contributed by atoms with E-state index < -0.39 is 26.5 Å². The van der Waals surface area contributed by atoms with Gasteiger partial charge in [-0.05, 0) is 12.8 Å². The van der Waals surface area contributed by atoms with E-state index in [1.165, 1.54) is 276 Å². The minimum Gasteiger partial charge on any atom is -0.462 e. The summed E-state index contributed by atoms with van der Waals surface area (Å²) in [5, 5.41) is 0. The van der Waals surface area contributed by atoms with E-state index in [0.717, 1.165) is 32.1 Å². The summed E-state index contributed by atoms with van der Waals surface area (Å²) in [6, 6.07) is 0. The molecule has 0 aromatic heterocycles. The number of carbonyl (C=O) groups is 2. The zero-order valence-corrected chi connectivity index (χ0v) is 47.7. The van der Waals surface area contributed by atoms with Gasteiger partial charge in [0.1, 0.15) is 6.61 Å². The molecule has 3 N–H and O–H groups in total. The molecule has 0 aliphatic heterocycles. The third-order valence-corrected chi connectivity index (χ3v) is 15.2. The lowest BCUT2D eigenvalue weighted by Crippen LogP contribution is -2.29. The lowest BCUT2D eigenvalue weighted by atomic mass is 10.0. The quantitative estimate of drug-likeness (QED) is 0.0347. The molecule has 0 bridgehead atoms. The van der Waals surface area contributed by atoms with Gasteiger partial charge in [0.05, 0.1) is 13.2 Å². The highest BCUT2D eigenvalue weighted by Gasteiger charge is 2.26. The molecule has 0 aromatic carbocycles. The predicted molar refractivity (Wildman–Crippen MR) is 298 cm³/mol. The smallest absolute Gasteiger partial charge is 0.462 e. The van der Waals surface area contributed by atoms with Gasteiger partial charge >= 0.3 is 19.8 Å². The molecule has 2 unspecified atom stereocenters. The second-order valence-electron chi connectivity index (χ2n) is 21.3. The molecule has 70 heavy (non-hydrogen) atoms. The minimum absolute atomic E-state index is 0.0587. The molecule has 0 heterocycles. The van der Waals surface area contributed by atoms with Crippen molar-refractivity contribution in [2.45, 2.75) is 347 Å². The van der Waals surface area contributed by atoms with Gasteiger partial charge in [-0.15, -0.1) is 0 Å². The van der Waals surface area contributed by atoms with Gasteiger partial charge in [-0.1, -0.05) is 316 Å². The lowest BCUT2D eigenvalue weighted by molar-refractivity contribution is -0.161. The van der Waals surface area contributed by atoms with Crippen LogP contribution in [0, 0.1) is 0 Å². The Labute approximate surface area is 435 Å². The molecule has 10 heteroatoms. The average Bonchev–Trinajstić information content (AvgIpc) is 3.35. The summed E-state index contributed by atoms with van der Waals surface area (Å²) in [6.07, 6.45) is 64.6. The normalized spacial score (nSPS) is 12.9. The highest BCUT2D eigenvalue weighted by molar-refractivity contribution is 7.47. The van der Waals surface area contributed by atoms with E-state index in [2.05, 4.69) is 13.8 Å². The van der Waals surface area contributed by atoms with Crippen LogP contribution in [-0.2, 0) is 32.7 Å². The summed E-state index contributed by atoms with van der Waals surface area (Å²) in [6.45, 7) is 3.83. The molecule has 2 atom stereocenters. The van der Waals surface area contributed by atoms with E-state index in [0.29, 0.717) is 6.42 Å². The number of unbranched alkanes of at least 4 members (excludes halogenated alkanes) is 47. The Kier molecular flexibility index (Phi) is 56.5. The molecule has 0 radical (unpaired) electrons. The molecule has 0 rings (SSSR count). The summed E-state index contributed by atoms with van der Waals surface area (Å²) in [5.74, 6) is -0.801. The largest absolute Gasteiger partial charge is 0.472 e. The summed E-state index contributed by atoms with van der Waals surface area (Å²) in [7, 11) is -4.38. The minimum atomic E-state index is -4.38. The van der Waals surface area contributed by atoms with Gasteiger partial charge < -0.3 is 20.1 Å². The molecule has 0 aliphatic rings. The van der Waals surface area contributed by atoms with Crippen molar-refractivity contribution in [3.05, 3.63) is 0 Å². The van der Waals surface area contributed by atoms with E-state index in [1.807, 2.05) is 0 Å². The maximum atomic E-state index is 12.7. The molecule has 9 nitrogen and oxygen atoms in total. The average molecular weight is 1010 g/mol. The van der Waals surface area contributed by atoms with Gasteiger partial charge in [-0.3, -0.25) is 18.6 Å². The fourth-order valence-corrected chi connectivity index (χ4v) is 10.4. The van der Waals surface area contributed by atoms with Crippen LogP contribution in [0.3, 0.4) is 0 Å². The topological polar surface area (TPSA) is 134 Å². The number of rotatable bonds is 60. The Bertz CT molecular complexity index is 1110. The van der Waals surface area contributed by atoms with Crippen molar-refractivity contribution in [3.8, 4) is 0 Å². The Balaban J connectivity index is 3.85. The molecule has 0 aromatic rings. The SMILES string of the molecule is CCCCCCCCCCCCCCCCCCCCCCCCCCCCCCCC(=O)OC(COC(=O)CCCCCCCCCCCCCCCCCCCCCC)COP(=O)(O)OCCN. The highest BCUT2D eigenvalue weighted by Crippen LogP contribution is 2.43. The van der Waals surface area contributed by atoms with Crippen LogP contribution < -0.4 is 5.73 Å². The zero-order chi connectivity index (χ0) is 51.0. The molecular weight excluding hydrogens is 894 g/mol. The maximum absolute atomic E-state index is 12.7. The first-order chi connectivity index (χ1) is 34.3. The summed E-state index contributed by atoms with van der Waals surface area (Å²) >= 11 is 0. The third-order valence-electron chi connectivity index (χ3n) is 14.2. The number of hydrogen-bond acceptors (Lipinski definition) is 8. The second kappa shape index (κ2) is 57.3. The van der Waals surface area contributed by atoms with Crippen LogP contribution in [0.25, 0.3) is 0 Å². The first-order valence-electron chi connectivity index (χ1n) is 31.0. The monoisotopic (exact) mass is 1010 g/mol. The van der Waals surface area contributed by atoms with Crippen LogP contribution >= 0.6 is 7.82 Å². The van der Waals surface area contributed by atoms with E-state index in [1.54, 1.807) is 0 Å². The first kappa shape index (κ1) is 69.0. The number of esters is 2. The van der Waals surface area contributed by atoms with Crippen molar-refractivity contribution in [2.75, 3.05) is 26.4 Å². The first-order valence-corrected chi connectivity index (χ1v) is 32.5. The van der Waals surface area contributed by atoms with Gasteiger partial charge in [0.2, 0.25) is 0 Å². The Morgan fingerprint density at radius 3 is 0.871 bits per heavy atom. The highest BCUT2D eigenvalue weighted by atomic mass is 31.2. The van der Waals surface area contributed by atoms with E-state index in [4.69, 9.17) is 24.3 Å². The predicted octanol–water partition coefficient (Wildman–Crippen LogP) is 19.5. The third kappa shape index (κ3) is 56.3. The Hall–Kier alpha value is -0.990. The standard InChI is InChI=1S/C60H120NO8P/c1-3-5-7-9-11-13-15-17-19-21-23-25-26-27-28-29-30-31-32-33-35-37-39-41-43-45-47-49-51-53-60(63)69-58(57-68-70(64,65)67-55-54-61)56-66-59(62)52-50-48-46-44-42-40-38-36-34-24-22-20-18-16-14-12-10-8-6-4-2/h58H,3-57,61H2,1-2H3,(H,64,65). The van der Waals surface area contributed by atoms with E-state index >= 15 is 0 Å². The summed E-state index contributed by atoms with van der Waals surface area (Å²) < 4.78 is 33.1. The fraction of sp³-hybridized carbons (Fsp3) is 0.967. The molecule has 0 aliphatic carbocycles. The van der Waals surface area contributed by atoms with Crippen LogP contribution in [0.15, 0.2) is 0 Å². The van der Waals surface area contributed by atoms with Crippen molar-refractivity contribution in [3.63, 3.8) is 0 Å². The lowest BCUT2D eigenvalue weighted by Gasteiger charge is -2.19. The van der Waals surface area contributed by atoms with Gasteiger partial charge in [0.15, 0.2) is 6.10 Å². The van der Waals surface area contributed by atoms with Crippen molar-refractivity contribution in [2.24, 2.45) is 5.73 Å². The Morgan fingerprint density at radius 2 is 0.614 bits per heavy atom.